The molecule has 0 spiro atoms. The van der Waals surface area contributed by atoms with Gasteiger partial charge in [0.2, 0.25) is 0 Å². The molecule has 8 nitrogen and oxygen atoms in total. The molecule has 0 saturated carbocycles. The van der Waals surface area contributed by atoms with Crippen LogP contribution in [0.25, 0.3) is 0 Å². The number of phosphoric ester groups is 1. The average Bonchev–Trinajstić information content (AvgIpc) is 3.15. The summed E-state index contributed by atoms with van der Waals surface area (Å²) < 4.78 is 32.7. The SMILES string of the molecule is CCCCCCCCCCCCCCCCCCCCCC(=O)OC(COC(=O)CCCCCCCCCCCCCCCCC)COP(=O)(O)OCC. The Hall–Kier alpha value is -0.950. The van der Waals surface area contributed by atoms with E-state index >= 15 is 0 Å². The van der Waals surface area contributed by atoms with Gasteiger partial charge in [0.1, 0.15) is 6.61 Å². The molecule has 2 unspecified atom stereocenters. The molecular formula is C45H89O8P. The lowest BCUT2D eigenvalue weighted by Crippen LogP contribution is -2.29. The van der Waals surface area contributed by atoms with Crippen LogP contribution in [0.5, 0.6) is 0 Å². The molecule has 9 heteroatoms. The second-order valence-corrected chi connectivity index (χ2v) is 17.2. The molecule has 0 aliphatic carbocycles. The van der Waals surface area contributed by atoms with E-state index in [-0.39, 0.29) is 32.2 Å². The van der Waals surface area contributed by atoms with Crippen LogP contribution in [0.1, 0.15) is 252 Å². The van der Waals surface area contributed by atoms with Gasteiger partial charge in [-0.05, 0) is 19.8 Å². The van der Waals surface area contributed by atoms with Gasteiger partial charge in [-0.15, -0.1) is 0 Å². The number of carbonyl (C=O) groups is 2. The molecule has 54 heavy (non-hydrogen) atoms. The molecule has 322 valence electrons. The van der Waals surface area contributed by atoms with Gasteiger partial charge in [-0.25, -0.2) is 4.57 Å². The highest BCUT2D eigenvalue weighted by Crippen LogP contribution is 2.43. The molecule has 1 N–H and O–H groups in total. The Labute approximate surface area is 334 Å². The number of phosphoric acid groups is 1. The molecule has 0 aromatic heterocycles. The molecule has 0 saturated heterocycles. The van der Waals surface area contributed by atoms with E-state index in [1.54, 1.807) is 6.92 Å². The second kappa shape index (κ2) is 41.7. The smallest absolute Gasteiger partial charge is 0.462 e. The van der Waals surface area contributed by atoms with Crippen molar-refractivity contribution in [1.29, 1.82) is 0 Å². The number of rotatable bonds is 44. The number of hydrogen-bond donors (Lipinski definition) is 1. The van der Waals surface area contributed by atoms with Crippen LogP contribution in [0.15, 0.2) is 0 Å². The first-order valence-electron chi connectivity index (χ1n) is 23.3. The lowest BCUT2D eigenvalue weighted by molar-refractivity contribution is -0.161. The maximum atomic E-state index is 12.6. The van der Waals surface area contributed by atoms with Gasteiger partial charge in [0.25, 0.3) is 0 Å². The van der Waals surface area contributed by atoms with E-state index in [0.717, 1.165) is 38.5 Å². The van der Waals surface area contributed by atoms with Gasteiger partial charge >= 0.3 is 19.8 Å². The first-order chi connectivity index (χ1) is 26.3. The zero-order valence-corrected chi connectivity index (χ0v) is 36.8. The minimum absolute atomic E-state index is 0.00583. The standard InChI is InChI=1S/C45H89O8P/c1-4-7-9-11-13-15-17-19-21-22-23-24-26-28-30-32-34-36-38-40-45(47)53-43(42-52-54(48,49)51-6-3)41-50-44(46)39-37-35-33-31-29-27-25-20-18-16-14-12-10-8-5-2/h43H,4-42H2,1-3H3,(H,48,49). The number of unbranched alkanes of at least 4 members (excludes halogenated alkanes) is 32. The Morgan fingerprint density at radius 3 is 1.04 bits per heavy atom. The third-order valence-electron chi connectivity index (χ3n) is 10.4. The fourth-order valence-corrected chi connectivity index (χ4v) is 7.74. The average molecular weight is 789 g/mol. The van der Waals surface area contributed by atoms with E-state index in [9.17, 15) is 19.0 Å². The Kier molecular flexibility index (Phi) is 40.9. The van der Waals surface area contributed by atoms with E-state index in [4.69, 9.17) is 18.5 Å². The van der Waals surface area contributed by atoms with Gasteiger partial charge in [-0.2, -0.15) is 0 Å². The summed E-state index contributed by atoms with van der Waals surface area (Å²) in [5, 5.41) is 0. The molecule has 0 amide bonds. The highest BCUT2D eigenvalue weighted by molar-refractivity contribution is 7.47. The molecule has 0 aromatic rings. The summed E-state index contributed by atoms with van der Waals surface area (Å²) in [5.41, 5.74) is 0. The van der Waals surface area contributed by atoms with Gasteiger partial charge in [0.05, 0.1) is 13.2 Å². The molecule has 0 aliphatic heterocycles. The normalized spacial score (nSPS) is 13.2. The Morgan fingerprint density at radius 1 is 0.426 bits per heavy atom. The molecule has 0 fully saturated rings. The number of ether oxygens (including phenoxy) is 2. The molecule has 0 radical (unpaired) electrons. The molecular weight excluding hydrogens is 699 g/mol. The van der Waals surface area contributed by atoms with Crippen molar-refractivity contribution in [3.8, 4) is 0 Å². The fraction of sp³-hybridized carbons (Fsp3) is 0.956. The quantitative estimate of drug-likeness (QED) is 0.0369. The maximum absolute atomic E-state index is 12.6. The van der Waals surface area contributed by atoms with Gasteiger partial charge in [-0.3, -0.25) is 18.6 Å². The predicted molar refractivity (Wildman–Crippen MR) is 226 cm³/mol. The van der Waals surface area contributed by atoms with Crippen LogP contribution in [0.2, 0.25) is 0 Å². The zero-order valence-electron chi connectivity index (χ0n) is 35.9. The highest BCUT2D eigenvalue weighted by atomic mass is 31.2. The van der Waals surface area contributed by atoms with Crippen LogP contribution in [0.3, 0.4) is 0 Å². The summed E-state index contributed by atoms with van der Waals surface area (Å²) in [6, 6.07) is 0. The molecule has 0 rings (SSSR count). The topological polar surface area (TPSA) is 108 Å². The predicted octanol–water partition coefficient (Wildman–Crippen LogP) is 14.7. The van der Waals surface area contributed by atoms with Crippen LogP contribution in [-0.2, 0) is 32.7 Å². The highest BCUT2D eigenvalue weighted by Gasteiger charge is 2.25. The molecule has 0 heterocycles. The van der Waals surface area contributed by atoms with Crippen molar-refractivity contribution in [3.63, 3.8) is 0 Å². The number of carbonyl (C=O) groups excluding carboxylic acids is 2. The largest absolute Gasteiger partial charge is 0.472 e. The van der Waals surface area contributed by atoms with E-state index in [2.05, 4.69) is 13.8 Å². The molecule has 0 aliphatic rings. The van der Waals surface area contributed by atoms with Gasteiger partial charge in [0, 0.05) is 12.8 Å². The molecule has 0 bridgehead atoms. The van der Waals surface area contributed by atoms with E-state index in [1.807, 2.05) is 0 Å². The van der Waals surface area contributed by atoms with Crippen molar-refractivity contribution in [3.05, 3.63) is 0 Å². The summed E-state index contributed by atoms with van der Waals surface area (Å²) in [5.74, 6) is -0.778. The minimum atomic E-state index is -4.27. The first kappa shape index (κ1) is 53.0. The van der Waals surface area contributed by atoms with Crippen LogP contribution >= 0.6 is 7.82 Å². The third kappa shape index (κ3) is 40.7. The van der Waals surface area contributed by atoms with Crippen molar-refractivity contribution in [2.75, 3.05) is 19.8 Å². The monoisotopic (exact) mass is 789 g/mol. The third-order valence-corrected chi connectivity index (χ3v) is 11.5. The van der Waals surface area contributed by atoms with Crippen molar-refractivity contribution in [2.24, 2.45) is 0 Å². The van der Waals surface area contributed by atoms with Crippen molar-refractivity contribution in [1.82, 2.24) is 0 Å². The van der Waals surface area contributed by atoms with Crippen molar-refractivity contribution >= 4 is 19.8 Å². The van der Waals surface area contributed by atoms with Gasteiger partial charge in [0.15, 0.2) is 6.10 Å². The lowest BCUT2D eigenvalue weighted by Gasteiger charge is -2.19. The lowest BCUT2D eigenvalue weighted by atomic mass is 10.0. The van der Waals surface area contributed by atoms with E-state index in [0.29, 0.717) is 6.42 Å². The van der Waals surface area contributed by atoms with E-state index in [1.165, 1.54) is 180 Å². The summed E-state index contributed by atoms with van der Waals surface area (Å²) in [7, 11) is -4.27. The molecule has 0 aromatic carbocycles. The number of esters is 2. The first-order valence-corrected chi connectivity index (χ1v) is 24.8. The van der Waals surface area contributed by atoms with Crippen LogP contribution in [0.4, 0.5) is 0 Å². The van der Waals surface area contributed by atoms with Crippen LogP contribution < -0.4 is 0 Å². The maximum Gasteiger partial charge on any atom is 0.472 e. The second-order valence-electron chi connectivity index (χ2n) is 15.8. The van der Waals surface area contributed by atoms with Crippen LogP contribution in [0, 0.1) is 0 Å². The minimum Gasteiger partial charge on any atom is -0.462 e. The summed E-state index contributed by atoms with van der Waals surface area (Å²) in [6.07, 6.45) is 43.0. The fourth-order valence-electron chi connectivity index (χ4n) is 6.99. The Balaban J connectivity index is 3.98. The Bertz CT molecular complexity index is 854. The van der Waals surface area contributed by atoms with Crippen molar-refractivity contribution in [2.45, 2.75) is 258 Å². The summed E-state index contributed by atoms with van der Waals surface area (Å²) in [6.45, 7) is 5.53. The summed E-state index contributed by atoms with van der Waals surface area (Å²) in [4.78, 5) is 34.8. The summed E-state index contributed by atoms with van der Waals surface area (Å²) >= 11 is 0. The van der Waals surface area contributed by atoms with Crippen LogP contribution in [-0.4, -0.2) is 42.8 Å². The van der Waals surface area contributed by atoms with E-state index < -0.39 is 19.9 Å². The zero-order chi connectivity index (χ0) is 39.6. The Morgan fingerprint density at radius 2 is 0.722 bits per heavy atom. The van der Waals surface area contributed by atoms with Gasteiger partial charge in [-0.1, -0.05) is 219 Å². The number of hydrogen-bond acceptors (Lipinski definition) is 7. The van der Waals surface area contributed by atoms with Crippen molar-refractivity contribution < 1.29 is 37.6 Å². The van der Waals surface area contributed by atoms with Gasteiger partial charge < -0.3 is 14.4 Å². The molecule has 2 atom stereocenters.